The van der Waals surface area contributed by atoms with Crippen LogP contribution in [0.25, 0.3) is 11.0 Å². The number of nitrogens with zero attached hydrogens (tertiary/aromatic N) is 2. The van der Waals surface area contributed by atoms with Crippen molar-refractivity contribution < 1.29 is 13.2 Å². The van der Waals surface area contributed by atoms with Crippen LogP contribution in [-0.2, 0) is 10.0 Å². The Kier molecular flexibility index (Phi) is 5.10. The lowest BCUT2D eigenvalue weighted by Gasteiger charge is -2.15. The number of fused-ring (bicyclic) bond motifs is 1. The molecule has 8 nitrogen and oxygen atoms in total. The van der Waals surface area contributed by atoms with Gasteiger partial charge in [0.2, 0.25) is 21.9 Å². The minimum absolute atomic E-state index is 0.0375. The normalized spacial score (nSPS) is 13.9. The van der Waals surface area contributed by atoms with Crippen molar-refractivity contribution in [3.63, 3.8) is 0 Å². The van der Waals surface area contributed by atoms with Crippen molar-refractivity contribution in [2.24, 2.45) is 5.14 Å². The summed E-state index contributed by atoms with van der Waals surface area (Å²) in [6.07, 6.45) is 4.37. The molecule has 4 aromatic rings. The van der Waals surface area contributed by atoms with Gasteiger partial charge in [0.25, 0.3) is 0 Å². The second kappa shape index (κ2) is 7.86. The third-order valence-corrected chi connectivity index (χ3v) is 6.78. The number of H-pyrrole nitrogens is 1. The largest absolute Gasteiger partial charge is 0.436 e. The summed E-state index contributed by atoms with van der Waals surface area (Å²) >= 11 is 0. The number of hydrogen-bond donors (Lipinski definition) is 3. The Labute approximate surface area is 192 Å². The van der Waals surface area contributed by atoms with Crippen LogP contribution in [0.15, 0.2) is 47.5 Å². The molecule has 9 heteroatoms. The molecule has 1 aliphatic carbocycles. The molecule has 1 fully saturated rings. The summed E-state index contributed by atoms with van der Waals surface area (Å²) in [4.78, 5) is 12.5. The van der Waals surface area contributed by atoms with Gasteiger partial charge in [0.15, 0.2) is 0 Å². The van der Waals surface area contributed by atoms with Crippen molar-refractivity contribution in [3.05, 3.63) is 64.8 Å². The van der Waals surface area contributed by atoms with Gasteiger partial charge in [-0.15, -0.1) is 0 Å². The lowest BCUT2D eigenvalue weighted by atomic mass is 10.0. The van der Waals surface area contributed by atoms with Gasteiger partial charge in [-0.1, -0.05) is 12.1 Å². The molecule has 1 aliphatic rings. The quantitative estimate of drug-likeness (QED) is 0.372. The van der Waals surface area contributed by atoms with E-state index in [1.807, 2.05) is 13.1 Å². The van der Waals surface area contributed by atoms with Gasteiger partial charge >= 0.3 is 0 Å². The Bertz CT molecular complexity index is 1450. The summed E-state index contributed by atoms with van der Waals surface area (Å²) in [5, 5.41) is 8.31. The maximum absolute atomic E-state index is 11.5. The number of aromatic amines is 1. The van der Waals surface area contributed by atoms with E-state index in [9.17, 15) is 8.42 Å². The number of hydrogen-bond acceptors (Lipinski definition) is 6. The van der Waals surface area contributed by atoms with Gasteiger partial charge in [-0.25, -0.2) is 18.5 Å². The topological polar surface area (TPSA) is 123 Å². The lowest BCUT2D eigenvalue weighted by molar-refractivity contribution is 0.460. The first-order valence-corrected chi connectivity index (χ1v) is 12.3. The maximum atomic E-state index is 11.5. The average Bonchev–Trinajstić information content (AvgIpc) is 3.54. The number of aryl methyl sites for hydroxylation is 3. The third kappa shape index (κ3) is 4.29. The fourth-order valence-electron chi connectivity index (χ4n) is 3.98. The van der Waals surface area contributed by atoms with Gasteiger partial charge in [-0.2, -0.15) is 4.98 Å². The van der Waals surface area contributed by atoms with E-state index in [2.05, 4.69) is 46.2 Å². The van der Waals surface area contributed by atoms with E-state index in [1.54, 1.807) is 12.1 Å². The number of benzene rings is 2. The van der Waals surface area contributed by atoms with Crippen molar-refractivity contribution >= 4 is 32.7 Å². The van der Waals surface area contributed by atoms with Crippen LogP contribution in [0.1, 0.15) is 41.0 Å². The third-order valence-electron chi connectivity index (χ3n) is 5.85. The van der Waals surface area contributed by atoms with E-state index in [-0.39, 0.29) is 4.90 Å². The number of nitrogens with two attached hydrogens (primary N) is 1. The SMILES string of the molecule is Cc1cc(C2CC2)cc(C)c1Oc1nc(Nc2ccc(S(N)(=O)=O)cc2)nc2c(C)c[nH]c12. The molecule has 5 rings (SSSR count). The number of nitrogens with one attached hydrogen (secondary N) is 2. The van der Waals surface area contributed by atoms with Gasteiger partial charge < -0.3 is 15.0 Å². The van der Waals surface area contributed by atoms with E-state index in [0.717, 1.165) is 28.0 Å². The maximum Gasteiger partial charge on any atom is 0.248 e. The minimum Gasteiger partial charge on any atom is -0.436 e. The number of primary sulfonamides is 1. The predicted octanol–water partition coefficient (Wildman–Crippen LogP) is 4.94. The highest BCUT2D eigenvalue weighted by molar-refractivity contribution is 7.89. The van der Waals surface area contributed by atoms with Gasteiger partial charge in [-0.05, 0) is 86.1 Å². The van der Waals surface area contributed by atoms with Gasteiger partial charge in [0, 0.05) is 11.9 Å². The molecule has 0 amide bonds. The molecule has 0 radical (unpaired) electrons. The Morgan fingerprint density at radius 2 is 1.70 bits per heavy atom. The van der Waals surface area contributed by atoms with Crippen LogP contribution in [0.5, 0.6) is 11.6 Å². The fraction of sp³-hybridized carbons (Fsp3) is 0.250. The molecule has 33 heavy (non-hydrogen) atoms. The number of rotatable bonds is 6. The first kappa shape index (κ1) is 21.4. The number of aromatic nitrogens is 3. The average molecular weight is 464 g/mol. The second-order valence-corrected chi connectivity index (χ2v) is 10.2. The standard InChI is InChI=1S/C24H25N5O3S/c1-13-10-17(16-4-5-16)11-14(2)22(13)32-23-21-20(15(3)12-26-21)28-24(29-23)27-18-6-8-19(9-7-18)33(25,30)31/h6-12,16,26H,4-5H2,1-3H3,(H2,25,30,31)(H,27,28,29). The molecule has 0 saturated heterocycles. The molecule has 170 valence electrons. The zero-order valence-corrected chi connectivity index (χ0v) is 19.5. The Hall–Kier alpha value is -3.43. The predicted molar refractivity (Wildman–Crippen MR) is 128 cm³/mol. The smallest absolute Gasteiger partial charge is 0.248 e. The van der Waals surface area contributed by atoms with E-state index in [4.69, 9.17) is 9.88 Å². The monoisotopic (exact) mass is 463 g/mol. The van der Waals surface area contributed by atoms with Crippen molar-refractivity contribution in [2.45, 2.75) is 44.4 Å². The Morgan fingerprint density at radius 3 is 2.30 bits per heavy atom. The van der Waals surface area contributed by atoms with Crippen LogP contribution < -0.4 is 15.2 Å². The summed E-state index contributed by atoms with van der Waals surface area (Å²) in [6.45, 7) is 6.07. The molecule has 0 spiro atoms. The van der Waals surface area contributed by atoms with Gasteiger partial charge in [0.05, 0.1) is 4.90 Å². The molecular formula is C24H25N5O3S. The highest BCUT2D eigenvalue weighted by atomic mass is 32.2. The van der Waals surface area contributed by atoms with Crippen LogP contribution in [0.2, 0.25) is 0 Å². The first-order valence-electron chi connectivity index (χ1n) is 10.7. The van der Waals surface area contributed by atoms with Crippen LogP contribution in [0.4, 0.5) is 11.6 Å². The van der Waals surface area contributed by atoms with Crippen molar-refractivity contribution in [3.8, 4) is 11.6 Å². The van der Waals surface area contributed by atoms with E-state index >= 15 is 0 Å². The zero-order chi connectivity index (χ0) is 23.3. The zero-order valence-electron chi connectivity index (χ0n) is 18.6. The van der Waals surface area contributed by atoms with Crippen LogP contribution >= 0.6 is 0 Å². The van der Waals surface area contributed by atoms with E-state index < -0.39 is 10.0 Å². The fourth-order valence-corrected chi connectivity index (χ4v) is 4.50. The van der Waals surface area contributed by atoms with Crippen molar-refractivity contribution in [2.75, 3.05) is 5.32 Å². The molecule has 2 aromatic heterocycles. The Balaban J connectivity index is 1.51. The summed E-state index contributed by atoms with van der Waals surface area (Å²) in [5.74, 6) is 2.22. The van der Waals surface area contributed by atoms with E-state index in [1.165, 1.54) is 30.5 Å². The number of ether oxygens (including phenoxy) is 1. The Morgan fingerprint density at radius 1 is 1.03 bits per heavy atom. The van der Waals surface area contributed by atoms with Crippen LogP contribution in [-0.4, -0.2) is 23.4 Å². The summed E-state index contributed by atoms with van der Waals surface area (Å²) in [5.41, 5.74) is 6.55. The highest BCUT2D eigenvalue weighted by Gasteiger charge is 2.25. The minimum atomic E-state index is -3.76. The molecule has 1 saturated carbocycles. The first-order chi connectivity index (χ1) is 15.7. The lowest BCUT2D eigenvalue weighted by Crippen LogP contribution is -2.11. The van der Waals surface area contributed by atoms with Gasteiger partial charge in [0.1, 0.15) is 16.8 Å². The molecule has 0 atom stereocenters. The molecule has 2 heterocycles. The summed E-state index contributed by atoms with van der Waals surface area (Å²) < 4.78 is 29.4. The van der Waals surface area contributed by atoms with Gasteiger partial charge in [-0.3, -0.25) is 0 Å². The van der Waals surface area contributed by atoms with Crippen LogP contribution in [0.3, 0.4) is 0 Å². The van der Waals surface area contributed by atoms with E-state index in [0.29, 0.717) is 29.0 Å². The molecule has 4 N–H and O–H groups in total. The highest BCUT2D eigenvalue weighted by Crippen LogP contribution is 2.43. The number of anilines is 2. The second-order valence-electron chi connectivity index (χ2n) is 8.60. The molecule has 2 aromatic carbocycles. The van der Waals surface area contributed by atoms with Crippen molar-refractivity contribution in [1.82, 2.24) is 15.0 Å². The molecular weight excluding hydrogens is 438 g/mol. The summed E-state index contributed by atoms with van der Waals surface area (Å²) in [6, 6.07) is 10.5. The molecule has 0 bridgehead atoms. The van der Waals surface area contributed by atoms with Crippen LogP contribution in [0, 0.1) is 20.8 Å². The molecule has 0 unspecified atom stereocenters. The summed E-state index contributed by atoms with van der Waals surface area (Å²) in [7, 11) is -3.76. The van der Waals surface area contributed by atoms with Crippen molar-refractivity contribution in [1.29, 1.82) is 0 Å². The number of sulfonamides is 1. The molecule has 0 aliphatic heterocycles.